The maximum atomic E-state index is 12.4. The summed E-state index contributed by atoms with van der Waals surface area (Å²) in [4.78, 5) is 16.4. The number of nitrogens with zero attached hydrogens (tertiary/aromatic N) is 3. The number of likely N-dealkylation sites (N-methyl/N-ethyl adjacent to an activating group) is 1. The van der Waals surface area contributed by atoms with Crippen LogP contribution < -0.4 is 0 Å². The highest BCUT2D eigenvalue weighted by Crippen LogP contribution is 2.26. The fourth-order valence-electron chi connectivity index (χ4n) is 3.15. The highest BCUT2D eigenvalue weighted by molar-refractivity contribution is 5.77. The molecule has 1 fully saturated rings. The van der Waals surface area contributed by atoms with Gasteiger partial charge in [-0.25, -0.2) is 0 Å². The van der Waals surface area contributed by atoms with Gasteiger partial charge in [-0.2, -0.15) is 0 Å². The molecule has 1 aromatic carbocycles. The lowest BCUT2D eigenvalue weighted by atomic mass is 9.91. The third kappa shape index (κ3) is 4.20. The molecule has 0 radical (unpaired) electrons. The van der Waals surface area contributed by atoms with Crippen molar-refractivity contribution < 1.29 is 9.32 Å². The van der Waals surface area contributed by atoms with Gasteiger partial charge >= 0.3 is 0 Å². The molecule has 1 aliphatic heterocycles. The van der Waals surface area contributed by atoms with E-state index >= 15 is 0 Å². The summed E-state index contributed by atoms with van der Waals surface area (Å²) in [5.74, 6) is 1.36. The van der Waals surface area contributed by atoms with E-state index in [9.17, 15) is 4.79 Å². The number of hydrogen-bond acceptors (Lipinski definition) is 4. The molecule has 1 amide bonds. The third-order valence-electron chi connectivity index (χ3n) is 4.45. The topological polar surface area (TPSA) is 49.6 Å². The Kier molecular flexibility index (Phi) is 5.08. The number of carbonyl (C=O) groups excluding carboxylic acids is 1. The van der Waals surface area contributed by atoms with E-state index in [1.54, 1.807) is 17.2 Å². The molecule has 5 heteroatoms. The average molecular weight is 313 g/mol. The average Bonchev–Trinajstić information content (AvgIpc) is 3.09. The molecule has 2 aromatic rings. The first kappa shape index (κ1) is 15.7. The maximum Gasteiger partial charge on any atom is 0.236 e. The van der Waals surface area contributed by atoms with E-state index in [1.807, 2.05) is 13.1 Å². The molecule has 1 aliphatic rings. The molecule has 1 aromatic heterocycles. The van der Waals surface area contributed by atoms with Gasteiger partial charge in [-0.05, 0) is 30.9 Å². The van der Waals surface area contributed by atoms with E-state index in [0.29, 0.717) is 24.8 Å². The predicted molar refractivity (Wildman–Crippen MR) is 87.8 cm³/mol. The van der Waals surface area contributed by atoms with Crippen molar-refractivity contribution in [1.29, 1.82) is 0 Å². The Hall–Kier alpha value is -2.14. The first-order valence-electron chi connectivity index (χ1n) is 8.13. The molecule has 1 unspecified atom stereocenters. The minimum absolute atomic E-state index is 0.120. The van der Waals surface area contributed by atoms with Crippen molar-refractivity contribution in [3.05, 3.63) is 53.9 Å². The summed E-state index contributed by atoms with van der Waals surface area (Å²) in [6, 6.07) is 12.4. The van der Waals surface area contributed by atoms with Crippen LogP contribution in [0.2, 0.25) is 0 Å². The van der Waals surface area contributed by atoms with Crippen LogP contribution in [0.15, 0.2) is 47.1 Å². The van der Waals surface area contributed by atoms with Gasteiger partial charge in [0.1, 0.15) is 0 Å². The van der Waals surface area contributed by atoms with Crippen LogP contribution in [-0.2, 0) is 11.3 Å². The quantitative estimate of drug-likeness (QED) is 0.851. The molecular formula is C18H23N3O2. The van der Waals surface area contributed by atoms with E-state index in [0.717, 1.165) is 19.5 Å². The standard InChI is InChI=1S/C18H23N3O2/c1-20(13-17-9-10-19-23-17)18(22)14-21-11-5-8-16(12-21)15-6-3-2-4-7-15/h2-4,6-7,9-10,16H,5,8,11-14H2,1H3. The molecule has 3 rings (SSSR count). The van der Waals surface area contributed by atoms with Gasteiger partial charge in [-0.1, -0.05) is 35.5 Å². The van der Waals surface area contributed by atoms with E-state index in [4.69, 9.17) is 4.52 Å². The number of aromatic nitrogens is 1. The van der Waals surface area contributed by atoms with Gasteiger partial charge in [-0.15, -0.1) is 0 Å². The number of amides is 1. The van der Waals surface area contributed by atoms with Crippen LogP contribution in [0.5, 0.6) is 0 Å². The summed E-state index contributed by atoms with van der Waals surface area (Å²) < 4.78 is 5.06. The van der Waals surface area contributed by atoms with Crippen molar-refractivity contribution in [3.8, 4) is 0 Å². The number of carbonyl (C=O) groups is 1. The Labute approximate surface area is 136 Å². The predicted octanol–water partition coefficient (Wildman–Crippen LogP) is 2.51. The van der Waals surface area contributed by atoms with Gasteiger partial charge in [0.25, 0.3) is 0 Å². The van der Waals surface area contributed by atoms with Crippen LogP contribution >= 0.6 is 0 Å². The van der Waals surface area contributed by atoms with E-state index in [1.165, 1.54) is 12.0 Å². The molecule has 0 aliphatic carbocycles. The van der Waals surface area contributed by atoms with Crippen LogP contribution in [0, 0.1) is 0 Å². The number of piperidine rings is 1. The first-order chi connectivity index (χ1) is 11.2. The second-order valence-electron chi connectivity index (χ2n) is 6.21. The Balaban J connectivity index is 1.54. The second-order valence-corrected chi connectivity index (χ2v) is 6.21. The van der Waals surface area contributed by atoms with Gasteiger partial charge in [0, 0.05) is 19.7 Å². The van der Waals surface area contributed by atoms with Crippen molar-refractivity contribution in [1.82, 2.24) is 15.0 Å². The molecule has 5 nitrogen and oxygen atoms in total. The Morgan fingerprint density at radius 1 is 1.35 bits per heavy atom. The summed E-state index contributed by atoms with van der Waals surface area (Å²) in [5, 5.41) is 3.67. The molecule has 2 heterocycles. The molecule has 0 bridgehead atoms. The summed E-state index contributed by atoms with van der Waals surface area (Å²) in [7, 11) is 1.81. The fourth-order valence-corrected chi connectivity index (χ4v) is 3.15. The van der Waals surface area contributed by atoms with Crippen LogP contribution in [0.1, 0.15) is 30.1 Å². The number of benzene rings is 1. The van der Waals surface area contributed by atoms with Crippen LogP contribution in [0.3, 0.4) is 0 Å². The maximum absolute atomic E-state index is 12.4. The number of likely N-dealkylation sites (tertiary alicyclic amines) is 1. The lowest BCUT2D eigenvalue weighted by Crippen LogP contribution is -2.42. The number of hydrogen-bond donors (Lipinski definition) is 0. The molecule has 0 N–H and O–H groups in total. The molecule has 23 heavy (non-hydrogen) atoms. The molecular weight excluding hydrogens is 290 g/mol. The summed E-state index contributed by atoms with van der Waals surface area (Å²) in [6.07, 6.45) is 3.93. The van der Waals surface area contributed by atoms with Gasteiger partial charge in [0.05, 0.1) is 19.3 Å². The highest BCUT2D eigenvalue weighted by Gasteiger charge is 2.23. The molecule has 1 saturated heterocycles. The largest absolute Gasteiger partial charge is 0.360 e. The number of rotatable bonds is 5. The van der Waals surface area contributed by atoms with Crippen molar-refractivity contribution in [2.24, 2.45) is 0 Å². The Morgan fingerprint density at radius 2 is 2.17 bits per heavy atom. The minimum atomic E-state index is 0.120. The van der Waals surface area contributed by atoms with Crippen LogP contribution in [0.25, 0.3) is 0 Å². The van der Waals surface area contributed by atoms with Crippen molar-refractivity contribution in [3.63, 3.8) is 0 Å². The second kappa shape index (κ2) is 7.42. The summed E-state index contributed by atoms with van der Waals surface area (Å²) in [5.41, 5.74) is 1.37. The first-order valence-corrected chi connectivity index (χ1v) is 8.13. The van der Waals surface area contributed by atoms with Crippen molar-refractivity contribution in [2.75, 3.05) is 26.7 Å². The molecule has 0 spiro atoms. The van der Waals surface area contributed by atoms with Crippen LogP contribution in [-0.4, -0.2) is 47.5 Å². The van der Waals surface area contributed by atoms with Crippen LogP contribution in [0.4, 0.5) is 0 Å². The molecule has 122 valence electrons. The SMILES string of the molecule is CN(Cc1ccno1)C(=O)CN1CCCC(c2ccccc2)C1. The monoisotopic (exact) mass is 313 g/mol. The smallest absolute Gasteiger partial charge is 0.236 e. The zero-order chi connectivity index (χ0) is 16.1. The van der Waals surface area contributed by atoms with E-state index in [-0.39, 0.29) is 5.91 Å². The zero-order valence-corrected chi connectivity index (χ0v) is 13.5. The minimum Gasteiger partial charge on any atom is -0.360 e. The van der Waals surface area contributed by atoms with Gasteiger partial charge in [0.2, 0.25) is 5.91 Å². The van der Waals surface area contributed by atoms with E-state index in [2.05, 4.69) is 34.3 Å². The van der Waals surface area contributed by atoms with E-state index < -0.39 is 0 Å². The lowest BCUT2D eigenvalue weighted by molar-refractivity contribution is -0.132. The lowest BCUT2D eigenvalue weighted by Gasteiger charge is -2.33. The van der Waals surface area contributed by atoms with Gasteiger partial charge < -0.3 is 9.42 Å². The highest BCUT2D eigenvalue weighted by atomic mass is 16.5. The Morgan fingerprint density at radius 3 is 2.91 bits per heavy atom. The Bertz CT molecular complexity index is 612. The van der Waals surface area contributed by atoms with Gasteiger partial charge in [-0.3, -0.25) is 9.69 Å². The molecule has 0 saturated carbocycles. The van der Waals surface area contributed by atoms with Crippen molar-refractivity contribution >= 4 is 5.91 Å². The van der Waals surface area contributed by atoms with Crippen molar-refractivity contribution in [2.45, 2.75) is 25.3 Å². The zero-order valence-electron chi connectivity index (χ0n) is 13.5. The summed E-state index contributed by atoms with van der Waals surface area (Å²) >= 11 is 0. The third-order valence-corrected chi connectivity index (χ3v) is 4.45. The fraction of sp³-hybridized carbons (Fsp3) is 0.444. The van der Waals surface area contributed by atoms with Gasteiger partial charge in [0.15, 0.2) is 5.76 Å². The summed E-state index contributed by atoms with van der Waals surface area (Å²) in [6.45, 7) is 2.87. The molecule has 1 atom stereocenters. The normalized spacial score (nSPS) is 18.7.